The topological polar surface area (TPSA) is 42.8 Å². The number of nitrogens with one attached hydrogen (secondary N) is 2. The molecule has 1 saturated heterocycles. The number of ether oxygens (including phenoxy) is 1. The van der Waals surface area contributed by atoms with Crippen LogP contribution in [0.4, 0.5) is 5.69 Å². The van der Waals surface area contributed by atoms with Crippen molar-refractivity contribution < 1.29 is 14.4 Å². The molecule has 1 fully saturated rings. The van der Waals surface area contributed by atoms with Crippen LogP contribution in [0.5, 0.6) is 0 Å². The number of morpholine rings is 1. The SMILES string of the molecule is O=C(Nc1cc(Cl)cc(Cl)c1)[C@@H](c1ccccc1)[NH+]1CCOCC1. The number of hydrogen-bond acceptors (Lipinski definition) is 2. The van der Waals surface area contributed by atoms with E-state index >= 15 is 0 Å². The summed E-state index contributed by atoms with van der Waals surface area (Å²) in [5.74, 6) is -0.0727. The lowest BCUT2D eigenvalue weighted by Gasteiger charge is -2.30. The molecule has 1 aliphatic rings. The number of anilines is 1. The van der Waals surface area contributed by atoms with E-state index in [2.05, 4.69) is 5.32 Å². The van der Waals surface area contributed by atoms with Crippen LogP contribution in [0.3, 0.4) is 0 Å². The van der Waals surface area contributed by atoms with Crippen molar-refractivity contribution >= 4 is 34.8 Å². The van der Waals surface area contributed by atoms with E-state index in [0.717, 1.165) is 18.7 Å². The minimum absolute atomic E-state index is 0.0727. The van der Waals surface area contributed by atoms with Gasteiger partial charge in [-0.15, -0.1) is 0 Å². The van der Waals surface area contributed by atoms with Crippen molar-refractivity contribution in [3.8, 4) is 0 Å². The third-order valence-corrected chi connectivity index (χ3v) is 4.50. The maximum Gasteiger partial charge on any atom is 0.287 e. The molecule has 3 rings (SSSR count). The van der Waals surface area contributed by atoms with Gasteiger partial charge in [0.25, 0.3) is 5.91 Å². The molecule has 2 N–H and O–H groups in total. The van der Waals surface area contributed by atoms with Gasteiger partial charge in [0.15, 0.2) is 6.04 Å². The molecular formula is C18H19Cl2N2O2+. The van der Waals surface area contributed by atoms with E-state index in [1.165, 1.54) is 4.90 Å². The fraction of sp³-hybridized carbons (Fsp3) is 0.278. The van der Waals surface area contributed by atoms with Crippen molar-refractivity contribution in [2.24, 2.45) is 0 Å². The summed E-state index contributed by atoms with van der Waals surface area (Å²) in [5.41, 5.74) is 1.59. The fourth-order valence-corrected chi connectivity index (χ4v) is 3.51. The molecule has 126 valence electrons. The lowest BCUT2D eigenvalue weighted by Crippen LogP contribution is -3.15. The molecule has 0 aromatic heterocycles. The summed E-state index contributed by atoms with van der Waals surface area (Å²) in [4.78, 5) is 14.2. The van der Waals surface area contributed by atoms with Crippen molar-refractivity contribution in [2.75, 3.05) is 31.6 Å². The Morgan fingerprint density at radius 3 is 2.29 bits per heavy atom. The summed E-state index contributed by atoms with van der Waals surface area (Å²) in [7, 11) is 0. The first-order chi connectivity index (χ1) is 11.6. The monoisotopic (exact) mass is 365 g/mol. The highest BCUT2D eigenvalue weighted by atomic mass is 35.5. The predicted octanol–water partition coefficient (Wildman–Crippen LogP) is 2.59. The normalized spacial score (nSPS) is 16.6. The molecule has 2 aromatic rings. The maximum atomic E-state index is 13.0. The van der Waals surface area contributed by atoms with Crippen LogP contribution >= 0.6 is 23.2 Å². The second-order valence-electron chi connectivity index (χ2n) is 5.76. The number of halogens is 2. The number of carbonyl (C=O) groups is 1. The van der Waals surface area contributed by atoms with Crippen molar-refractivity contribution in [1.29, 1.82) is 0 Å². The molecule has 0 saturated carbocycles. The second-order valence-corrected chi connectivity index (χ2v) is 6.63. The highest BCUT2D eigenvalue weighted by Gasteiger charge is 2.32. The molecule has 0 radical (unpaired) electrons. The van der Waals surface area contributed by atoms with Gasteiger partial charge in [0, 0.05) is 21.3 Å². The Labute approximate surface area is 151 Å². The summed E-state index contributed by atoms with van der Waals surface area (Å²) < 4.78 is 5.43. The predicted molar refractivity (Wildman–Crippen MR) is 95.8 cm³/mol. The summed E-state index contributed by atoms with van der Waals surface area (Å²) in [6.07, 6.45) is 0. The summed E-state index contributed by atoms with van der Waals surface area (Å²) in [6, 6.07) is 14.6. The largest absolute Gasteiger partial charge is 0.370 e. The van der Waals surface area contributed by atoms with Crippen LogP contribution in [0.2, 0.25) is 10.0 Å². The second kappa shape index (κ2) is 7.99. The zero-order chi connectivity index (χ0) is 16.9. The van der Waals surface area contributed by atoms with E-state index < -0.39 is 0 Å². The standard InChI is InChI=1S/C18H18Cl2N2O2/c19-14-10-15(20)12-16(11-14)21-18(23)17(13-4-2-1-3-5-13)22-6-8-24-9-7-22/h1-5,10-12,17H,6-9H2,(H,21,23)/p+1/t17-/m1/s1. The van der Waals surface area contributed by atoms with Gasteiger partial charge in [0.05, 0.1) is 13.2 Å². The van der Waals surface area contributed by atoms with Crippen LogP contribution in [0.15, 0.2) is 48.5 Å². The van der Waals surface area contributed by atoms with Crippen molar-refractivity contribution in [1.82, 2.24) is 0 Å². The molecule has 1 amide bonds. The van der Waals surface area contributed by atoms with E-state index in [1.54, 1.807) is 18.2 Å². The first kappa shape index (κ1) is 17.2. The first-order valence-electron chi connectivity index (χ1n) is 7.88. The van der Waals surface area contributed by atoms with Crippen LogP contribution in [-0.4, -0.2) is 32.2 Å². The van der Waals surface area contributed by atoms with Gasteiger partial charge in [-0.25, -0.2) is 0 Å². The van der Waals surface area contributed by atoms with Gasteiger partial charge in [-0.3, -0.25) is 4.79 Å². The van der Waals surface area contributed by atoms with E-state index in [0.29, 0.717) is 28.9 Å². The molecule has 6 heteroatoms. The Bertz CT molecular complexity index is 683. The van der Waals surface area contributed by atoms with Crippen LogP contribution in [0, 0.1) is 0 Å². The van der Waals surface area contributed by atoms with Gasteiger partial charge < -0.3 is 15.0 Å². The van der Waals surface area contributed by atoms with Gasteiger partial charge in [0.2, 0.25) is 0 Å². The van der Waals surface area contributed by atoms with Crippen LogP contribution in [0.25, 0.3) is 0 Å². The highest BCUT2D eigenvalue weighted by molar-refractivity contribution is 6.35. The van der Waals surface area contributed by atoms with E-state index in [-0.39, 0.29) is 11.9 Å². The molecule has 24 heavy (non-hydrogen) atoms. The molecule has 1 atom stereocenters. The van der Waals surface area contributed by atoms with Gasteiger partial charge in [0.1, 0.15) is 13.1 Å². The molecule has 0 aliphatic carbocycles. The Balaban J connectivity index is 1.85. The van der Waals surface area contributed by atoms with Crippen LogP contribution < -0.4 is 10.2 Å². The summed E-state index contributed by atoms with van der Waals surface area (Å²) in [6.45, 7) is 2.91. The Morgan fingerprint density at radius 2 is 1.67 bits per heavy atom. The molecule has 1 heterocycles. The van der Waals surface area contributed by atoms with Crippen LogP contribution in [0.1, 0.15) is 11.6 Å². The number of rotatable bonds is 4. The smallest absolute Gasteiger partial charge is 0.287 e. The van der Waals surface area contributed by atoms with E-state index in [4.69, 9.17) is 27.9 Å². The first-order valence-corrected chi connectivity index (χ1v) is 8.63. The number of carbonyl (C=O) groups excluding carboxylic acids is 1. The Kier molecular flexibility index (Phi) is 5.74. The zero-order valence-corrected chi connectivity index (χ0v) is 14.6. The third kappa shape index (κ3) is 4.28. The van der Waals surface area contributed by atoms with Crippen molar-refractivity contribution in [3.63, 3.8) is 0 Å². The van der Waals surface area contributed by atoms with Gasteiger partial charge in [-0.1, -0.05) is 53.5 Å². The maximum absolute atomic E-state index is 13.0. The van der Waals surface area contributed by atoms with Gasteiger partial charge in [-0.2, -0.15) is 0 Å². The molecule has 2 aromatic carbocycles. The number of quaternary nitrogens is 1. The van der Waals surface area contributed by atoms with Gasteiger partial charge >= 0.3 is 0 Å². The minimum atomic E-state index is -0.298. The van der Waals surface area contributed by atoms with Crippen molar-refractivity contribution in [2.45, 2.75) is 6.04 Å². The average Bonchev–Trinajstić information content (AvgIpc) is 2.56. The Morgan fingerprint density at radius 1 is 1.04 bits per heavy atom. The molecular weight excluding hydrogens is 347 g/mol. The minimum Gasteiger partial charge on any atom is -0.370 e. The third-order valence-electron chi connectivity index (χ3n) is 4.07. The molecule has 0 unspecified atom stereocenters. The van der Waals surface area contributed by atoms with Gasteiger partial charge in [-0.05, 0) is 18.2 Å². The zero-order valence-electron chi connectivity index (χ0n) is 13.1. The Hall–Kier alpha value is -1.59. The summed E-state index contributed by atoms with van der Waals surface area (Å²) in [5, 5.41) is 3.94. The molecule has 0 spiro atoms. The van der Waals surface area contributed by atoms with E-state index in [1.807, 2.05) is 30.3 Å². The molecule has 0 bridgehead atoms. The van der Waals surface area contributed by atoms with Crippen molar-refractivity contribution in [3.05, 3.63) is 64.1 Å². The fourth-order valence-electron chi connectivity index (χ4n) is 2.98. The molecule has 4 nitrogen and oxygen atoms in total. The summed E-state index contributed by atoms with van der Waals surface area (Å²) >= 11 is 12.0. The average molecular weight is 366 g/mol. The lowest BCUT2D eigenvalue weighted by atomic mass is 10.0. The quantitative estimate of drug-likeness (QED) is 0.874. The van der Waals surface area contributed by atoms with E-state index in [9.17, 15) is 4.79 Å². The number of hydrogen-bond donors (Lipinski definition) is 2. The highest BCUT2D eigenvalue weighted by Crippen LogP contribution is 2.23. The number of benzene rings is 2. The van der Waals surface area contributed by atoms with Crippen LogP contribution in [-0.2, 0) is 9.53 Å². The molecule has 1 aliphatic heterocycles. The number of amides is 1. The lowest BCUT2D eigenvalue weighted by molar-refractivity contribution is -0.929.